The number of aryl methyl sites for hydroxylation is 1. The van der Waals surface area contributed by atoms with Gasteiger partial charge < -0.3 is 4.74 Å². The van der Waals surface area contributed by atoms with Crippen molar-refractivity contribution < 1.29 is 17.9 Å². The first kappa shape index (κ1) is 16.0. The summed E-state index contributed by atoms with van der Waals surface area (Å²) < 4.78 is 33.6. The molecule has 2 heterocycles. The third-order valence-electron chi connectivity index (χ3n) is 2.50. The minimum Gasteiger partial charge on any atom is -0.468 e. The van der Waals surface area contributed by atoms with Crippen molar-refractivity contribution in [1.29, 1.82) is 0 Å². The molecule has 0 aliphatic carbocycles. The summed E-state index contributed by atoms with van der Waals surface area (Å²) >= 11 is 4.42. The van der Waals surface area contributed by atoms with E-state index in [1.54, 1.807) is 6.07 Å². The van der Waals surface area contributed by atoms with E-state index in [1.807, 2.05) is 6.92 Å². The minimum atomic E-state index is -3.67. The highest BCUT2D eigenvalue weighted by atomic mass is 79.9. The van der Waals surface area contributed by atoms with E-state index >= 15 is 0 Å². The Kier molecular flexibility index (Phi) is 4.69. The molecule has 2 rings (SSSR count). The van der Waals surface area contributed by atoms with E-state index in [0.29, 0.717) is 0 Å². The van der Waals surface area contributed by atoms with Gasteiger partial charge in [0.15, 0.2) is 0 Å². The predicted molar refractivity (Wildman–Crippen MR) is 81.8 cm³/mol. The molecule has 1 N–H and O–H groups in total. The van der Waals surface area contributed by atoms with Crippen molar-refractivity contribution in [2.75, 3.05) is 11.8 Å². The number of carbonyl (C=O) groups is 1. The van der Waals surface area contributed by atoms with E-state index < -0.39 is 16.0 Å². The second kappa shape index (κ2) is 6.16. The summed E-state index contributed by atoms with van der Waals surface area (Å²) in [5, 5.41) is 3.89. The van der Waals surface area contributed by atoms with E-state index in [2.05, 4.69) is 30.5 Å². The highest BCUT2D eigenvalue weighted by Crippen LogP contribution is 2.31. The second-order valence-corrected chi connectivity index (χ2v) is 8.41. The van der Waals surface area contributed by atoms with Gasteiger partial charge in [-0.15, -0.1) is 11.3 Å². The number of esters is 1. The number of hydrogen-bond donors (Lipinski definition) is 1. The summed E-state index contributed by atoms with van der Waals surface area (Å²) in [6.45, 7) is 1.73. The zero-order chi connectivity index (χ0) is 15.6. The second-order valence-electron chi connectivity index (χ2n) is 4.13. The highest BCUT2D eigenvalue weighted by Gasteiger charge is 2.19. The van der Waals surface area contributed by atoms with Crippen LogP contribution in [0.4, 0.5) is 5.69 Å². The van der Waals surface area contributed by atoms with E-state index in [4.69, 9.17) is 0 Å². The van der Waals surface area contributed by atoms with Gasteiger partial charge in [-0.2, -0.15) is 5.10 Å². The molecule has 0 saturated heterocycles. The molecular formula is C11H12BrN3O4S2. The molecule has 2 aromatic rings. The maximum Gasteiger partial charge on any atom is 0.327 e. The first-order valence-corrected chi connectivity index (χ1v) is 8.79. The van der Waals surface area contributed by atoms with Crippen molar-refractivity contribution >= 4 is 48.9 Å². The lowest BCUT2D eigenvalue weighted by Gasteiger charge is -2.02. The molecule has 2 aromatic heterocycles. The molecule has 0 aromatic carbocycles. The average molecular weight is 394 g/mol. The average Bonchev–Trinajstić information content (AvgIpc) is 2.97. The molecule has 0 fully saturated rings. The van der Waals surface area contributed by atoms with Crippen molar-refractivity contribution in [3.05, 3.63) is 27.8 Å². The number of rotatable bonds is 5. The Hall–Kier alpha value is -1.39. The Morgan fingerprint density at radius 3 is 2.86 bits per heavy atom. The van der Waals surface area contributed by atoms with Crippen LogP contribution in [0.5, 0.6) is 0 Å². The fourth-order valence-electron chi connectivity index (χ4n) is 1.47. The molecular weight excluding hydrogens is 382 g/mol. The lowest BCUT2D eigenvalue weighted by Crippen LogP contribution is -2.12. The van der Waals surface area contributed by atoms with Crippen LogP contribution in [0.3, 0.4) is 0 Å². The fraction of sp³-hybridized carbons (Fsp3) is 0.273. The van der Waals surface area contributed by atoms with Crippen LogP contribution < -0.4 is 4.72 Å². The molecule has 7 nitrogen and oxygen atoms in total. The van der Waals surface area contributed by atoms with Crippen LogP contribution >= 0.6 is 27.3 Å². The Morgan fingerprint density at radius 2 is 2.29 bits per heavy atom. The molecule has 0 bridgehead atoms. The zero-order valence-electron chi connectivity index (χ0n) is 11.2. The topological polar surface area (TPSA) is 90.3 Å². The van der Waals surface area contributed by atoms with Crippen LogP contribution in [0, 0.1) is 6.92 Å². The third-order valence-corrected chi connectivity index (χ3v) is 6.50. The number of halogens is 1. The van der Waals surface area contributed by atoms with Crippen molar-refractivity contribution in [3.8, 4) is 0 Å². The van der Waals surface area contributed by atoms with Gasteiger partial charge in [-0.3, -0.25) is 14.2 Å². The molecule has 0 aliphatic rings. The van der Waals surface area contributed by atoms with Gasteiger partial charge in [-0.1, -0.05) is 0 Å². The standard InChI is InChI=1S/C11H12BrN3O4S2/c1-7-3-10(20-11(7)12)21(17,18)14-8-4-13-15(5-8)6-9(16)19-2/h3-5,14H,6H2,1-2H3. The molecule has 0 atom stereocenters. The number of anilines is 1. The number of thiophene rings is 1. The fourth-order valence-corrected chi connectivity index (χ4v) is 4.72. The summed E-state index contributed by atoms with van der Waals surface area (Å²) in [5.74, 6) is -0.467. The van der Waals surface area contributed by atoms with E-state index in [1.165, 1.54) is 24.2 Å². The summed E-state index contributed by atoms with van der Waals surface area (Å²) in [5.41, 5.74) is 1.13. The van der Waals surface area contributed by atoms with Gasteiger partial charge >= 0.3 is 5.97 Å². The number of hydrogen-bond acceptors (Lipinski definition) is 6. The highest BCUT2D eigenvalue weighted by molar-refractivity contribution is 9.11. The molecule has 0 aliphatic heterocycles. The van der Waals surface area contributed by atoms with Gasteiger partial charge in [0.05, 0.1) is 22.8 Å². The molecule has 10 heteroatoms. The molecule has 114 valence electrons. The first-order chi connectivity index (χ1) is 9.81. The van der Waals surface area contributed by atoms with Crippen LogP contribution in [0.25, 0.3) is 0 Å². The van der Waals surface area contributed by atoms with Gasteiger partial charge in [0.25, 0.3) is 10.0 Å². The van der Waals surface area contributed by atoms with Crippen molar-refractivity contribution in [2.24, 2.45) is 0 Å². The van der Waals surface area contributed by atoms with E-state index in [-0.39, 0.29) is 16.4 Å². The Bertz CT molecular complexity index is 747. The normalized spacial score (nSPS) is 11.4. The van der Waals surface area contributed by atoms with Crippen LogP contribution in [-0.2, 0) is 26.1 Å². The van der Waals surface area contributed by atoms with Crippen LogP contribution in [0.2, 0.25) is 0 Å². The number of sulfonamides is 1. The van der Waals surface area contributed by atoms with Crippen molar-refractivity contribution in [1.82, 2.24) is 9.78 Å². The molecule has 21 heavy (non-hydrogen) atoms. The Morgan fingerprint density at radius 1 is 1.57 bits per heavy atom. The van der Waals surface area contributed by atoms with Gasteiger partial charge in [0.1, 0.15) is 10.8 Å². The van der Waals surface area contributed by atoms with Gasteiger partial charge in [-0.05, 0) is 34.5 Å². The number of aromatic nitrogens is 2. The number of ether oxygens (including phenoxy) is 1. The number of carbonyl (C=O) groups excluding carboxylic acids is 1. The zero-order valence-corrected chi connectivity index (χ0v) is 14.4. The van der Waals surface area contributed by atoms with Crippen molar-refractivity contribution in [2.45, 2.75) is 17.7 Å². The number of nitrogens with one attached hydrogen (secondary N) is 1. The summed E-state index contributed by atoms with van der Waals surface area (Å²) in [7, 11) is -2.40. The van der Waals surface area contributed by atoms with Gasteiger partial charge in [-0.25, -0.2) is 8.42 Å². The summed E-state index contributed by atoms with van der Waals surface area (Å²) in [6, 6.07) is 1.58. The Labute approximate surface area is 134 Å². The van der Waals surface area contributed by atoms with Gasteiger partial charge in [0.2, 0.25) is 0 Å². The van der Waals surface area contributed by atoms with Crippen LogP contribution in [0.1, 0.15) is 5.56 Å². The van der Waals surface area contributed by atoms with Gasteiger partial charge in [0, 0.05) is 6.20 Å². The molecule has 0 saturated carbocycles. The molecule has 0 radical (unpaired) electrons. The van der Waals surface area contributed by atoms with Crippen LogP contribution in [-0.4, -0.2) is 31.3 Å². The van der Waals surface area contributed by atoms with Crippen LogP contribution in [0.15, 0.2) is 26.5 Å². The molecule has 0 amide bonds. The minimum absolute atomic E-state index is 0.0815. The predicted octanol–water partition coefficient (Wildman–Crippen LogP) is 1.99. The first-order valence-electron chi connectivity index (χ1n) is 5.70. The third kappa shape index (κ3) is 3.83. The largest absolute Gasteiger partial charge is 0.468 e. The lowest BCUT2D eigenvalue weighted by atomic mass is 10.4. The summed E-state index contributed by atoms with van der Waals surface area (Å²) in [6.07, 6.45) is 2.75. The lowest BCUT2D eigenvalue weighted by molar-refractivity contribution is -0.141. The van der Waals surface area contributed by atoms with Crippen molar-refractivity contribution in [3.63, 3.8) is 0 Å². The molecule has 0 spiro atoms. The smallest absolute Gasteiger partial charge is 0.327 e. The quantitative estimate of drug-likeness (QED) is 0.784. The number of methoxy groups -OCH3 is 1. The summed E-state index contributed by atoms with van der Waals surface area (Å²) in [4.78, 5) is 11.1. The molecule has 0 unspecified atom stereocenters. The van der Waals surface area contributed by atoms with E-state index in [9.17, 15) is 13.2 Å². The van der Waals surface area contributed by atoms with E-state index in [0.717, 1.165) is 20.7 Å². The maximum atomic E-state index is 12.2. The monoisotopic (exact) mass is 393 g/mol. The maximum absolute atomic E-state index is 12.2. The Balaban J connectivity index is 2.15. The SMILES string of the molecule is COC(=O)Cn1cc(NS(=O)(=O)c2cc(C)c(Br)s2)cn1. The number of nitrogens with zero attached hydrogens (tertiary/aromatic N) is 2.